The molecule has 0 aliphatic carbocycles. The van der Waals surface area contributed by atoms with Crippen LogP contribution in [-0.2, 0) is 9.01 Å². The Kier molecular flexibility index (Phi) is 2.58. The van der Waals surface area contributed by atoms with Crippen LogP contribution in [0.3, 0.4) is 0 Å². The van der Waals surface area contributed by atoms with E-state index in [4.69, 9.17) is 4.89 Å². The lowest BCUT2D eigenvalue weighted by Gasteiger charge is -2.00. The van der Waals surface area contributed by atoms with Crippen LogP contribution >= 0.6 is 7.60 Å². The van der Waals surface area contributed by atoms with Crippen molar-refractivity contribution in [3.63, 3.8) is 0 Å². The molecule has 1 unspecified atom stereocenters. The quantitative estimate of drug-likeness (QED) is 0.426. The van der Waals surface area contributed by atoms with E-state index in [1.165, 1.54) is 7.48 Å². The molecule has 7 heavy (non-hydrogen) atoms. The van der Waals surface area contributed by atoms with Gasteiger partial charge >= 0.3 is 15.1 Å². The van der Waals surface area contributed by atoms with Crippen LogP contribution in [0, 0.1) is 0 Å². The lowest BCUT2D eigenvalue weighted by molar-refractivity contribution is 0.397. The minimum Gasteiger partial charge on any atom is -0.376 e. The summed E-state index contributed by atoms with van der Waals surface area (Å²) in [5.74, 6) is 0. The third-order valence-electron chi connectivity index (χ3n) is 0.301. The number of rotatable bonds is 2. The van der Waals surface area contributed by atoms with E-state index in [1.54, 1.807) is 6.82 Å². The molecule has 5 heteroatoms. The van der Waals surface area contributed by atoms with Gasteiger partial charge in [0.25, 0.3) is 0 Å². The highest BCUT2D eigenvalue weighted by molar-refractivity contribution is 7.52. The molecule has 0 heterocycles. The van der Waals surface area contributed by atoms with Crippen LogP contribution < -0.4 is 0 Å². The Hall–Kier alpha value is 0.215. The van der Waals surface area contributed by atoms with Gasteiger partial charge in [0, 0.05) is 6.66 Å². The molecular weight excluding hydrogens is 114 g/mol. The molecule has 0 aromatic heterocycles. The Labute approximate surface area is 43.5 Å². The van der Waals surface area contributed by atoms with Crippen LogP contribution in [0.15, 0.2) is 0 Å². The summed E-state index contributed by atoms with van der Waals surface area (Å²) >= 11 is 0. The van der Waals surface area contributed by atoms with Crippen LogP contribution in [0.4, 0.5) is 0 Å². The first-order valence-corrected chi connectivity index (χ1v) is 3.85. The van der Waals surface area contributed by atoms with Gasteiger partial charge in [0.2, 0.25) is 0 Å². The first kappa shape index (κ1) is 7.21. The molecule has 0 saturated carbocycles. The predicted octanol–water partition coefficient (Wildman–Crippen LogP) is 0.485. The first-order chi connectivity index (χ1) is 3.06. The molecule has 0 saturated heterocycles. The zero-order chi connectivity index (χ0) is 5.91. The normalized spacial score (nSPS) is 18.1. The van der Waals surface area contributed by atoms with Gasteiger partial charge in [0.1, 0.15) is 0 Å². The van der Waals surface area contributed by atoms with Crippen LogP contribution in [0.1, 0.15) is 0 Å². The molecular formula is C2H7BO3P. The summed E-state index contributed by atoms with van der Waals surface area (Å²) in [6.45, 7) is 2.68. The molecule has 0 aliphatic rings. The van der Waals surface area contributed by atoms with E-state index in [1.807, 2.05) is 0 Å². The second-order valence-corrected chi connectivity index (χ2v) is 2.96. The molecule has 0 aliphatic heterocycles. The van der Waals surface area contributed by atoms with Crippen LogP contribution in [0.2, 0.25) is 6.82 Å². The van der Waals surface area contributed by atoms with Crippen molar-refractivity contribution in [3.05, 3.63) is 0 Å². The maximum Gasteiger partial charge on any atom is 0.310 e. The van der Waals surface area contributed by atoms with E-state index in [-0.39, 0.29) is 0 Å². The molecule has 0 bridgehead atoms. The van der Waals surface area contributed by atoms with Gasteiger partial charge in [-0.05, 0) is 0 Å². The second-order valence-electron chi connectivity index (χ2n) is 1.14. The molecule has 3 nitrogen and oxygen atoms in total. The summed E-state index contributed by atoms with van der Waals surface area (Å²) in [5.41, 5.74) is 0. The fraction of sp³-hybridized carbons (Fsp3) is 1.00. The molecule has 0 aromatic rings. The van der Waals surface area contributed by atoms with Gasteiger partial charge in [0.05, 0.1) is 0 Å². The second kappa shape index (κ2) is 2.50. The van der Waals surface area contributed by atoms with E-state index in [2.05, 4.69) is 4.44 Å². The summed E-state index contributed by atoms with van der Waals surface area (Å²) in [7, 11) is -2.03. The molecule has 0 rings (SSSR count). The minimum absolute atomic E-state index is 1.13. The zero-order valence-electron chi connectivity index (χ0n) is 4.29. The van der Waals surface area contributed by atoms with E-state index in [0.717, 1.165) is 6.66 Å². The zero-order valence-corrected chi connectivity index (χ0v) is 5.18. The Morgan fingerprint density at radius 1 is 1.86 bits per heavy atom. The highest BCUT2D eigenvalue weighted by Crippen LogP contribution is 2.35. The van der Waals surface area contributed by atoms with Crippen molar-refractivity contribution in [2.75, 3.05) is 6.66 Å². The van der Waals surface area contributed by atoms with Gasteiger partial charge in [-0.3, -0.25) is 4.57 Å². The summed E-state index contributed by atoms with van der Waals surface area (Å²) in [4.78, 5) is 8.32. The standard InChI is InChI=1S/C2H7BO3P/c1-3-6-7(2,4)5/h1-2H3,(H,4,5). The lowest BCUT2D eigenvalue weighted by atomic mass is 10.1. The van der Waals surface area contributed by atoms with Gasteiger partial charge in [-0.15, -0.1) is 0 Å². The lowest BCUT2D eigenvalue weighted by Crippen LogP contribution is -1.87. The Morgan fingerprint density at radius 3 is 2.29 bits per heavy atom. The Morgan fingerprint density at radius 2 is 2.29 bits per heavy atom. The van der Waals surface area contributed by atoms with E-state index < -0.39 is 7.60 Å². The molecule has 1 N–H and O–H groups in total. The maximum atomic E-state index is 10.1. The number of hydrogen-bond donors (Lipinski definition) is 1. The van der Waals surface area contributed by atoms with E-state index in [9.17, 15) is 4.57 Å². The summed E-state index contributed by atoms with van der Waals surface area (Å²) in [6, 6.07) is 0. The highest BCUT2D eigenvalue weighted by atomic mass is 31.2. The fourth-order valence-corrected chi connectivity index (χ4v) is 0.587. The first-order valence-electron chi connectivity index (χ1n) is 1.83. The fourth-order valence-electron chi connectivity index (χ4n) is 0.196. The van der Waals surface area contributed by atoms with Crippen molar-refractivity contribution < 1.29 is 13.9 Å². The molecule has 0 fully saturated rings. The number of hydrogen-bond acceptors (Lipinski definition) is 2. The average Bonchev–Trinajstić information content (AvgIpc) is 1.30. The summed E-state index contributed by atoms with van der Waals surface area (Å²) in [6.07, 6.45) is 0. The third-order valence-corrected chi connectivity index (χ3v) is 0.903. The molecule has 0 aromatic carbocycles. The predicted molar refractivity (Wildman–Crippen MR) is 28.5 cm³/mol. The Bertz CT molecular complexity index is 86.9. The molecule has 0 spiro atoms. The van der Waals surface area contributed by atoms with Crippen molar-refractivity contribution in [3.8, 4) is 0 Å². The van der Waals surface area contributed by atoms with Crippen LogP contribution in [-0.4, -0.2) is 19.0 Å². The monoisotopic (exact) mass is 121 g/mol. The summed E-state index contributed by atoms with van der Waals surface area (Å²) < 4.78 is 14.3. The van der Waals surface area contributed by atoms with Crippen molar-refractivity contribution >= 4 is 15.1 Å². The van der Waals surface area contributed by atoms with Crippen molar-refractivity contribution in [1.82, 2.24) is 0 Å². The van der Waals surface area contributed by atoms with Gasteiger partial charge in [-0.2, -0.15) is 0 Å². The Balaban J connectivity index is 3.36. The van der Waals surface area contributed by atoms with Crippen molar-refractivity contribution in [1.29, 1.82) is 0 Å². The van der Waals surface area contributed by atoms with Gasteiger partial charge in [-0.1, -0.05) is 6.82 Å². The molecule has 1 atom stereocenters. The van der Waals surface area contributed by atoms with Crippen molar-refractivity contribution in [2.45, 2.75) is 6.82 Å². The highest BCUT2D eigenvalue weighted by Gasteiger charge is 2.05. The molecule has 0 amide bonds. The van der Waals surface area contributed by atoms with E-state index >= 15 is 0 Å². The van der Waals surface area contributed by atoms with Gasteiger partial charge in [-0.25, -0.2) is 0 Å². The minimum atomic E-state index is -3.22. The van der Waals surface area contributed by atoms with E-state index in [0.29, 0.717) is 0 Å². The largest absolute Gasteiger partial charge is 0.376 e. The SMILES string of the molecule is C[B]OP(C)(=O)O. The summed E-state index contributed by atoms with van der Waals surface area (Å²) in [5, 5.41) is 0. The van der Waals surface area contributed by atoms with Gasteiger partial charge < -0.3 is 9.33 Å². The molecule has 1 radical (unpaired) electrons. The van der Waals surface area contributed by atoms with Gasteiger partial charge in [0.15, 0.2) is 0 Å². The van der Waals surface area contributed by atoms with Crippen molar-refractivity contribution in [2.24, 2.45) is 0 Å². The maximum absolute atomic E-state index is 10.1. The van der Waals surface area contributed by atoms with Crippen LogP contribution in [0.25, 0.3) is 0 Å². The van der Waals surface area contributed by atoms with Crippen LogP contribution in [0.5, 0.6) is 0 Å². The smallest absolute Gasteiger partial charge is 0.310 e. The molecule has 41 valence electrons. The average molecular weight is 121 g/mol. The topological polar surface area (TPSA) is 46.5 Å². The third kappa shape index (κ3) is 6.21.